The minimum absolute atomic E-state index is 0.0688. The molecule has 3 aromatic rings. The van der Waals surface area contributed by atoms with Gasteiger partial charge in [-0.15, -0.1) is 0 Å². The molecule has 2 aliphatic rings. The first kappa shape index (κ1) is 19.4. The van der Waals surface area contributed by atoms with Gasteiger partial charge in [-0.1, -0.05) is 6.07 Å². The maximum absolute atomic E-state index is 11.2. The van der Waals surface area contributed by atoms with E-state index in [1.807, 2.05) is 18.2 Å². The molecule has 1 fully saturated rings. The normalized spacial score (nSPS) is 19.0. The number of ether oxygens (including phenoxy) is 2. The van der Waals surface area contributed by atoms with Gasteiger partial charge in [0.2, 0.25) is 0 Å². The highest BCUT2D eigenvalue weighted by atomic mass is 32.3. The molecule has 2 heterocycles. The van der Waals surface area contributed by atoms with Gasteiger partial charge in [0.1, 0.15) is 5.75 Å². The van der Waals surface area contributed by atoms with Crippen LogP contribution in [0.15, 0.2) is 30.3 Å². The van der Waals surface area contributed by atoms with Crippen molar-refractivity contribution < 1.29 is 26.6 Å². The second kappa shape index (κ2) is 7.01. The molecule has 7 nitrogen and oxygen atoms in total. The lowest BCUT2D eigenvalue weighted by atomic mass is 9.85. The van der Waals surface area contributed by atoms with E-state index in [1.165, 1.54) is 24.0 Å². The zero-order valence-electron chi connectivity index (χ0n) is 16.8. The Morgan fingerprint density at radius 3 is 2.37 bits per heavy atom. The average Bonchev–Trinajstić information content (AvgIpc) is 3.18. The van der Waals surface area contributed by atoms with E-state index in [1.54, 1.807) is 26.4 Å². The molecule has 2 aliphatic heterocycles. The molecule has 8 heteroatoms. The van der Waals surface area contributed by atoms with Gasteiger partial charge < -0.3 is 13.7 Å². The number of methoxy groups -OCH3 is 2. The van der Waals surface area contributed by atoms with Crippen molar-refractivity contribution in [2.75, 3.05) is 20.8 Å². The van der Waals surface area contributed by atoms with Gasteiger partial charge in [-0.05, 0) is 82.7 Å². The molecule has 0 unspecified atom stereocenters. The van der Waals surface area contributed by atoms with Gasteiger partial charge in [0.25, 0.3) is 0 Å². The number of rotatable bonds is 4. The summed E-state index contributed by atoms with van der Waals surface area (Å²) in [6, 6.07) is 9.59. The second-order valence-corrected chi connectivity index (χ2v) is 8.92. The molecule has 0 spiro atoms. The van der Waals surface area contributed by atoms with Crippen LogP contribution in [0.3, 0.4) is 0 Å². The van der Waals surface area contributed by atoms with Crippen LogP contribution in [-0.4, -0.2) is 44.7 Å². The summed E-state index contributed by atoms with van der Waals surface area (Å²) >= 11 is 0. The highest BCUT2D eigenvalue weighted by Crippen LogP contribution is 2.44. The molecule has 0 amide bonds. The van der Waals surface area contributed by atoms with Crippen molar-refractivity contribution in [1.82, 2.24) is 4.90 Å². The van der Waals surface area contributed by atoms with Crippen molar-refractivity contribution in [1.29, 1.82) is 0 Å². The number of benzene rings is 3. The lowest BCUT2D eigenvalue weighted by molar-refractivity contribution is 0.229. The van der Waals surface area contributed by atoms with E-state index in [0.717, 1.165) is 41.1 Å². The molecule has 0 aromatic heterocycles. The van der Waals surface area contributed by atoms with Crippen molar-refractivity contribution in [2.24, 2.45) is 0 Å². The average molecular weight is 429 g/mol. The fraction of sp³-hybridized carbons (Fsp3) is 0.364. The summed E-state index contributed by atoms with van der Waals surface area (Å²) in [5.74, 6) is 1.32. The first-order valence-electron chi connectivity index (χ1n) is 9.92. The van der Waals surface area contributed by atoms with E-state index in [2.05, 4.69) is 4.90 Å². The van der Waals surface area contributed by atoms with Crippen molar-refractivity contribution in [3.63, 3.8) is 0 Å². The SMILES string of the molecule is COc1cc2c3c(c4ccc(OS(=O)(=O)O)cc4c2cc1OC)C[C@@H]1CCCN1C3. The van der Waals surface area contributed by atoms with E-state index in [4.69, 9.17) is 18.2 Å². The van der Waals surface area contributed by atoms with Crippen LogP contribution in [0.2, 0.25) is 0 Å². The minimum atomic E-state index is -4.60. The smallest absolute Gasteiger partial charge is 0.446 e. The number of fused-ring (bicyclic) bond motifs is 7. The van der Waals surface area contributed by atoms with Gasteiger partial charge in [0.15, 0.2) is 11.5 Å². The van der Waals surface area contributed by atoms with Gasteiger partial charge in [0.05, 0.1) is 14.2 Å². The van der Waals surface area contributed by atoms with Crippen LogP contribution in [-0.2, 0) is 23.4 Å². The molecular formula is C22H23NO6S. The Morgan fingerprint density at radius 2 is 1.67 bits per heavy atom. The molecular weight excluding hydrogens is 406 g/mol. The quantitative estimate of drug-likeness (QED) is 0.500. The topological polar surface area (TPSA) is 85.3 Å². The van der Waals surface area contributed by atoms with Crippen LogP contribution in [0.4, 0.5) is 0 Å². The molecule has 0 saturated carbocycles. The van der Waals surface area contributed by atoms with Gasteiger partial charge >= 0.3 is 10.4 Å². The van der Waals surface area contributed by atoms with E-state index in [0.29, 0.717) is 17.5 Å². The van der Waals surface area contributed by atoms with E-state index in [9.17, 15) is 8.42 Å². The standard InChI is InChI=1S/C22H23NO6S/c1-27-21-10-18-17-9-14(29-30(24,25)26)5-6-15(17)16-8-13-4-3-7-23(13)12-20(16)19(18)11-22(21)28-2/h5-6,9-11,13H,3-4,7-8,12H2,1-2H3,(H,24,25,26)/t13-/m0/s1. The summed E-state index contributed by atoms with van der Waals surface area (Å²) < 4.78 is 47.4. The third kappa shape index (κ3) is 3.15. The summed E-state index contributed by atoms with van der Waals surface area (Å²) in [5, 5.41) is 3.92. The van der Waals surface area contributed by atoms with Gasteiger partial charge in [0, 0.05) is 12.6 Å². The first-order valence-corrected chi connectivity index (χ1v) is 11.3. The van der Waals surface area contributed by atoms with Gasteiger partial charge in [-0.3, -0.25) is 9.45 Å². The fourth-order valence-electron chi connectivity index (χ4n) is 5.05. The number of hydrogen-bond donors (Lipinski definition) is 1. The first-order chi connectivity index (χ1) is 14.4. The maximum atomic E-state index is 11.2. The third-order valence-electron chi connectivity index (χ3n) is 6.32. The fourth-order valence-corrected chi connectivity index (χ4v) is 5.39. The van der Waals surface area contributed by atoms with Crippen molar-refractivity contribution in [3.05, 3.63) is 41.5 Å². The van der Waals surface area contributed by atoms with Gasteiger partial charge in [-0.2, -0.15) is 8.42 Å². The summed E-state index contributed by atoms with van der Waals surface area (Å²) in [4.78, 5) is 2.54. The zero-order chi connectivity index (χ0) is 21.0. The lowest BCUT2D eigenvalue weighted by Crippen LogP contribution is -2.35. The van der Waals surface area contributed by atoms with Crippen LogP contribution in [0.25, 0.3) is 21.5 Å². The summed E-state index contributed by atoms with van der Waals surface area (Å²) in [6.07, 6.45) is 3.35. The highest BCUT2D eigenvalue weighted by molar-refractivity contribution is 7.81. The molecule has 158 valence electrons. The maximum Gasteiger partial charge on any atom is 0.446 e. The van der Waals surface area contributed by atoms with Crippen molar-refractivity contribution in [2.45, 2.75) is 31.8 Å². The third-order valence-corrected chi connectivity index (χ3v) is 6.72. The molecule has 1 N–H and O–H groups in total. The Hall–Kier alpha value is -2.55. The Balaban J connectivity index is 1.84. The van der Waals surface area contributed by atoms with Gasteiger partial charge in [-0.25, -0.2) is 0 Å². The second-order valence-electron chi connectivity index (χ2n) is 7.90. The Labute approximate surface area is 175 Å². The summed E-state index contributed by atoms with van der Waals surface area (Å²) in [5.41, 5.74) is 2.56. The highest BCUT2D eigenvalue weighted by Gasteiger charge is 2.32. The van der Waals surface area contributed by atoms with Crippen molar-refractivity contribution >= 4 is 31.9 Å². The largest absolute Gasteiger partial charge is 0.493 e. The molecule has 30 heavy (non-hydrogen) atoms. The van der Waals surface area contributed by atoms with Crippen LogP contribution < -0.4 is 13.7 Å². The predicted octanol–water partition coefficient (Wildman–Crippen LogP) is 3.71. The van der Waals surface area contributed by atoms with E-state index >= 15 is 0 Å². The molecule has 1 saturated heterocycles. The Morgan fingerprint density at radius 1 is 0.967 bits per heavy atom. The molecule has 5 rings (SSSR count). The van der Waals surface area contributed by atoms with Crippen molar-refractivity contribution in [3.8, 4) is 17.2 Å². The lowest BCUT2D eigenvalue weighted by Gasteiger charge is -2.33. The molecule has 0 bridgehead atoms. The van der Waals surface area contributed by atoms with E-state index < -0.39 is 10.4 Å². The zero-order valence-corrected chi connectivity index (χ0v) is 17.7. The Kier molecular flexibility index (Phi) is 4.53. The van der Waals surface area contributed by atoms with Crippen LogP contribution in [0.1, 0.15) is 24.0 Å². The Bertz CT molecular complexity index is 1270. The summed E-state index contributed by atoms with van der Waals surface area (Å²) in [6.45, 7) is 1.99. The van der Waals surface area contributed by atoms with Crippen LogP contribution in [0.5, 0.6) is 17.2 Å². The minimum Gasteiger partial charge on any atom is -0.493 e. The van der Waals surface area contributed by atoms with E-state index in [-0.39, 0.29) is 5.75 Å². The number of nitrogens with zero attached hydrogens (tertiary/aromatic N) is 1. The van der Waals surface area contributed by atoms with Crippen LogP contribution in [0, 0.1) is 0 Å². The summed E-state index contributed by atoms with van der Waals surface area (Å²) in [7, 11) is -1.40. The molecule has 0 radical (unpaired) electrons. The van der Waals surface area contributed by atoms with Crippen LogP contribution >= 0.6 is 0 Å². The number of hydrogen-bond acceptors (Lipinski definition) is 6. The monoisotopic (exact) mass is 429 g/mol. The molecule has 1 atom stereocenters. The predicted molar refractivity (Wildman–Crippen MR) is 114 cm³/mol. The molecule has 3 aromatic carbocycles. The molecule has 0 aliphatic carbocycles.